The molecule has 290 valence electrons. The molecule has 0 unspecified atom stereocenters. The van der Waals surface area contributed by atoms with Gasteiger partial charge in [0.25, 0.3) is 0 Å². The Morgan fingerprint density at radius 3 is 0.479 bits per heavy atom. The first-order valence-electron chi connectivity index (χ1n) is 10.6. The van der Waals surface area contributed by atoms with E-state index < -0.39 is 104 Å². The van der Waals surface area contributed by atoms with Gasteiger partial charge in [0.15, 0.2) is 0 Å². The van der Waals surface area contributed by atoms with Gasteiger partial charge < -0.3 is 19.3 Å². The Morgan fingerprint density at radius 1 is 0.271 bits per heavy atom. The largest absolute Gasteiger partial charge is 0.435 e. The van der Waals surface area contributed by atoms with Gasteiger partial charge in [0.1, 0.15) is 0 Å². The van der Waals surface area contributed by atoms with Gasteiger partial charge in [-0.2, -0.15) is 119 Å². The summed E-state index contributed by atoms with van der Waals surface area (Å²) < 4.78 is 362. The van der Waals surface area contributed by atoms with E-state index in [1.165, 1.54) is 0 Å². The molecule has 1 N–H and O–H groups in total. The van der Waals surface area contributed by atoms with Gasteiger partial charge in [-0.15, -0.1) is 0 Å². The van der Waals surface area contributed by atoms with E-state index in [0.717, 1.165) is 0 Å². The summed E-state index contributed by atoms with van der Waals surface area (Å²) in [4.78, 5) is 0. The Bertz CT molecular complexity index is 819. The highest BCUT2D eigenvalue weighted by molar-refractivity contribution is 5.06. The summed E-state index contributed by atoms with van der Waals surface area (Å²) in [5.74, 6) is 0. The summed E-state index contributed by atoms with van der Waals surface area (Å²) in [7, 11) is 0. The molecule has 0 bridgehead atoms. The maximum Gasteiger partial charge on any atom is 0.435 e. The van der Waals surface area contributed by atoms with E-state index in [1.54, 1.807) is 0 Å². The fourth-order valence-corrected chi connectivity index (χ4v) is 3.23. The van der Waals surface area contributed by atoms with Crippen molar-refractivity contribution in [3.05, 3.63) is 0 Å². The SMILES string of the molecule is OCC(COC(C(F)(F)F)(C(F)(F)F)C(F)(F)F)(COC(C(F)(F)F)(C(F)(F)F)C(F)(F)F)COC(C(F)(F)F)(C(F)(F)F)C(F)(F)F. The van der Waals surface area contributed by atoms with Gasteiger partial charge in [0, 0.05) is 0 Å². The molecule has 0 spiro atoms. The van der Waals surface area contributed by atoms with Gasteiger partial charge in [0.2, 0.25) is 0 Å². The summed E-state index contributed by atoms with van der Waals surface area (Å²) in [5, 5.41) is 9.22. The number of aliphatic hydroxyl groups excluding tert-OH is 1. The van der Waals surface area contributed by atoms with E-state index in [1.807, 2.05) is 0 Å². The standard InChI is InChI=1S/C17H9F27O4/c18-9(19,20)6(10(21,22)23,11(24,25)26)46-2-5(1-45,3-47-7(12(27,28)29,13(30,31)32)14(33,34)35)4-48-8(15(36,37)38,16(39,40)41)17(42,43)44/h45H,1-4H2. The number of aliphatic hydroxyl groups is 1. The Balaban J connectivity index is 7.93. The monoisotopic (exact) mass is 790 g/mol. The van der Waals surface area contributed by atoms with E-state index in [2.05, 4.69) is 14.2 Å². The van der Waals surface area contributed by atoms with Crippen molar-refractivity contribution in [2.75, 3.05) is 26.4 Å². The maximum atomic E-state index is 13.2. The second-order valence-corrected chi connectivity index (χ2v) is 9.05. The molecule has 31 heteroatoms. The number of rotatable bonds is 10. The highest BCUT2D eigenvalue weighted by atomic mass is 19.5. The fraction of sp³-hybridized carbons (Fsp3) is 1.00. The zero-order valence-corrected chi connectivity index (χ0v) is 21.2. The van der Waals surface area contributed by atoms with Gasteiger partial charge in [-0.3, -0.25) is 0 Å². The van der Waals surface area contributed by atoms with Crippen LogP contribution in [0.1, 0.15) is 0 Å². The number of hydrogen-bond donors (Lipinski definition) is 1. The summed E-state index contributed by atoms with van der Waals surface area (Å²) in [6.07, 6.45) is -72.3. The molecular formula is C17H9F27O4. The van der Waals surface area contributed by atoms with Crippen molar-refractivity contribution in [1.29, 1.82) is 0 Å². The molecule has 0 fully saturated rings. The van der Waals surface area contributed by atoms with Crippen LogP contribution in [0.5, 0.6) is 0 Å². The molecule has 0 saturated carbocycles. The van der Waals surface area contributed by atoms with Crippen molar-refractivity contribution >= 4 is 0 Å². The molecular weight excluding hydrogens is 781 g/mol. The molecule has 0 rings (SSSR count). The third-order valence-electron chi connectivity index (χ3n) is 5.71. The van der Waals surface area contributed by atoms with Gasteiger partial charge in [0.05, 0.1) is 31.8 Å². The zero-order chi connectivity index (χ0) is 39.4. The maximum absolute atomic E-state index is 13.2. The Hall–Kier alpha value is -2.05. The topological polar surface area (TPSA) is 47.9 Å². The van der Waals surface area contributed by atoms with E-state index in [-0.39, 0.29) is 0 Å². The minimum atomic E-state index is -8.03. The zero-order valence-electron chi connectivity index (χ0n) is 21.2. The normalized spacial score (nSPS) is 16.5. The summed E-state index contributed by atoms with van der Waals surface area (Å²) in [6, 6.07) is 0. The van der Waals surface area contributed by atoms with Crippen LogP contribution in [-0.4, -0.2) is 104 Å². The number of halogens is 27. The summed E-state index contributed by atoms with van der Waals surface area (Å²) in [6.45, 7) is -15.6. The predicted molar refractivity (Wildman–Crippen MR) is 90.1 cm³/mol. The van der Waals surface area contributed by atoms with E-state index >= 15 is 0 Å². The lowest BCUT2D eigenvalue weighted by atomic mass is 9.89. The molecule has 0 heterocycles. The highest BCUT2D eigenvalue weighted by Crippen LogP contribution is 2.59. The van der Waals surface area contributed by atoms with E-state index in [0.29, 0.717) is 0 Å². The van der Waals surface area contributed by atoms with Crippen LogP contribution in [0.3, 0.4) is 0 Å². The second kappa shape index (κ2) is 12.6. The van der Waals surface area contributed by atoms with Gasteiger partial charge in [-0.1, -0.05) is 0 Å². The smallest absolute Gasteiger partial charge is 0.396 e. The van der Waals surface area contributed by atoms with Crippen molar-refractivity contribution < 1.29 is 138 Å². The van der Waals surface area contributed by atoms with Crippen LogP contribution >= 0.6 is 0 Å². The van der Waals surface area contributed by atoms with E-state index in [4.69, 9.17) is 0 Å². The van der Waals surface area contributed by atoms with Crippen LogP contribution in [0.25, 0.3) is 0 Å². The van der Waals surface area contributed by atoms with E-state index in [9.17, 15) is 124 Å². The first-order chi connectivity index (χ1) is 20.4. The van der Waals surface area contributed by atoms with Crippen molar-refractivity contribution in [3.63, 3.8) is 0 Å². The third kappa shape index (κ3) is 7.65. The Kier molecular flexibility index (Phi) is 12.1. The van der Waals surface area contributed by atoms with Gasteiger partial charge >= 0.3 is 72.4 Å². The molecule has 48 heavy (non-hydrogen) atoms. The van der Waals surface area contributed by atoms with Crippen LogP contribution in [0.15, 0.2) is 0 Å². The van der Waals surface area contributed by atoms with Gasteiger partial charge in [-0.25, -0.2) is 0 Å². The molecule has 0 aromatic heterocycles. The molecule has 0 amide bonds. The minimum Gasteiger partial charge on any atom is -0.396 e. The van der Waals surface area contributed by atoms with Crippen molar-refractivity contribution in [2.45, 2.75) is 72.4 Å². The third-order valence-corrected chi connectivity index (χ3v) is 5.71. The Morgan fingerprint density at radius 2 is 0.396 bits per heavy atom. The molecule has 0 aromatic rings. The molecule has 0 aliphatic carbocycles. The van der Waals surface area contributed by atoms with Crippen molar-refractivity contribution in [1.82, 2.24) is 0 Å². The first-order valence-corrected chi connectivity index (χ1v) is 10.6. The van der Waals surface area contributed by atoms with Crippen LogP contribution in [-0.2, 0) is 14.2 Å². The molecule has 0 aliphatic rings. The van der Waals surface area contributed by atoms with Crippen LogP contribution in [0.2, 0.25) is 0 Å². The van der Waals surface area contributed by atoms with Crippen molar-refractivity contribution in [3.8, 4) is 0 Å². The number of ether oxygens (including phenoxy) is 3. The molecule has 0 aliphatic heterocycles. The highest BCUT2D eigenvalue weighted by Gasteiger charge is 2.88. The number of alkyl halides is 27. The molecule has 4 nitrogen and oxygen atoms in total. The molecule has 0 atom stereocenters. The average molecular weight is 790 g/mol. The molecule has 0 aromatic carbocycles. The lowest BCUT2D eigenvalue weighted by Gasteiger charge is -2.45. The minimum absolute atomic E-state index is 2.44. The summed E-state index contributed by atoms with van der Waals surface area (Å²) >= 11 is 0. The lowest BCUT2D eigenvalue weighted by molar-refractivity contribution is -0.474. The predicted octanol–water partition coefficient (Wildman–Crippen LogP) is 8.29. The average Bonchev–Trinajstić information content (AvgIpc) is 2.70. The fourth-order valence-electron chi connectivity index (χ4n) is 3.23. The summed E-state index contributed by atoms with van der Waals surface area (Å²) in [5.41, 5.74) is -29.0. The van der Waals surface area contributed by atoms with Crippen molar-refractivity contribution in [2.24, 2.45) is 5.41 Å². The lowest BCUT2D eigenvalue weighted by Crippen LogP contribution is -2.71. The van der Waals surface area contributed by atoms with Gasteiger partial charge in [-0.05, 0) is 0 Å². The second-order valence-electron chi connectivity index (χ2n) is 9.05. The quantitative estimate of drug-likeness (QED) is 0.227. The van der Waals surface area contributed by atoms with Crippen LogP contribution in [0.4, 0.5) is 119 Å². The first kappa shape index (κ1) is 45.9. The Labute approximate surface area is 243 Å². The number of hydrogen-bond acceptors (Lipinski definition) is 4. The van der Waals surface area contributed by atoms with Crippen LogP contribution < -0.4 is 0 Å². The van der Waals surface area contributed by atoms with Crippen LogP contribution in [0, 0.1) is 5.41 Å². The molecule has 0 saturated heterocycles. The molecule has 0 radical (unpaired) electrons.